The Hall–Kier alpha value is -0.570. The molecule has 3 atom stereocenters. The number of guanidine groups is 1. The molecule has 0 aromatic rings. The van der Waals surface area contributed by atoms with Crippen LogP contribution in [-0.4, -0.2) is 50.4 Å². The minimum absolute atomic E-state index is 0. The zero-order chi connectivity index (χ0) is 13.7. The van der Waals surface area contributed by atoms with Gasteiger partial charge in [-0.05, 0) is 26.2 Å². The first-order valence-corrected chi connectivity index (χ1v) is 7.00. The van der Waals surface area contributed by atoms with Crippen molar-refractivity contribution in [1.82, 2.24) is 10.6 Å². The maximum Gasteiger partial charge on any atom is 0.307 e. The summed E-state index contributed by atoms with van der Waals surface area (Å²) < 4.78 is 10.4. The lowest BCUT2D eigenvalue weighted by molar-refractivity contribution is -0.140. The van der Waals surface area contributed by atoms with E-state index in [4.69, 9.17) is 4.74 Å². The summed E-state index contributed by atoms with van der Waals surface area (Å²) in [5, 5.41) is 6.59. The lowest BCUT2D eigenvalue weighted by atomic mass is 9.96. The molecule has 2 N–H and O–H groups in total. The first-order valence-electron chi connectivity index (χ1n) is 7.00. The molecule has 3 unspecified atom stereocenters. The summed E-state index contributed by atoms with van der Waals surface area (Å²) in [6.07, 6.45) is 4.39. The topological polar surface area (TPSA) is 72.0 Å². The summed E-state index contributed by atoms with van der Waals surface area (Å²) in [4.78, 5) is 15.4. The van der Waals surface area contributed by atoms with Gasteiger partial charge in [0, 0.05) is 6.54 Å². The molecule has 2 saturated heterocycles. The van der Waals surface area contributed by atoms with E-state index in [1.54, 1.807) is 0 Å². The zero-order valence-electron chi connectivity index (χ0n) is 12.1. The van der Waals surface area contributed by atoms with Gasteiger partial charge in [-0.1, -0.05) is 0 Å². The Balaban J connectivity index is 0.00000200. The third-order valence-corrected chi connectivity index (χ3v) is 3.59. The van der Waals surface area contributed by atoms with E-state index in [1.807, 2.05) is 6.92 Å². The molecule has 2 rings (SSSR count). The number of methoxy groups -OCH3 is 1. The molecule has 2 bridgehead atoms. The Morgan fingerprint density at radius 3 is 2.80 bits per heavy atom. The van der Waals surface area contributed by atoms with Crippen LogP contribution in [0.2, 0.25) is 0 Å². The standard InChI is InChI=1S/C13H23N3O3.HI/c1-3-14-13(15-7-6-12(17)18-2)16-10-8-9-4-5-11(10)19-9;/h9-11H,3-8H2,1-2H3,(H2,14,15,16);1H. The number of esters is 1. The lowest BCUT2D eigenvalue weighted by Gasteiger charge is -2.22. The van der Waals surface area contributed by atoms with Crippen LogP contribution in [0.4, 0.5) is 0 Å². The first-order chi connectivity index (χ1) is 9.22. The molecular formula is C13H24IN3O3. The van der Waals surface area contributed by atoms with Crippen LogP contribution in [0.1, 0.15) is 32.6 Å². The number of halogens is 1. The average molecular weight is 397 g/mol. The van der Waals surface area contributed by atoms with Gasteiger partial charge in [-0.3, -0.25) is 9.79 Å². The van der Waals surface area contributed by atoms with Crippen molar-refractivity contribution in [1.29, 1.82) is 0 Å². The monoisotopic (exact) mass is 397 g/mol. The second-order valence-electron chi connectivity index (χ2n) is 4.95. The third-order valence-electron chi connectivity index (χ3n) is 3.59. The quantitative estimate of drug-likeness (QED) is 0.314. The highest BCUT2D eigenvalue weighted by molar-refractivity contribution is 14.0. The molecule has 0 saturated carbocycles. The fraction of sp³-hybridized carbons (Fsp3) is 0.846. The van der Waals surface area contributed by atoms with Gasteiger partial charge >= 0.3 is 5.97 Å². The molecule has 2 aliphatic rings. The maximum atomic E-state index is 11.0. The zero-order valence-corrected chi connectivity index (χ0v) is 14.4. The predicted molar refractivity (Wildman–Crippen MR) is 87.5 cm³/mol. The Labute approximate surface area is 137 Å². The Bertz CT molecular complexity index is 352. The fourth-order valence-corrected chi connectivity index (χ4v) is 2.65. The van der Waals surface area contributed by atoms with Crippen molar-refractivity contribution >= 4 is 35.9 Å². The predicted octanol–water partition coefficient (Wildman–Crippen LogP) is 1.04. The van der Waals surface area contributed by atoms with Crippen LogP contribution in [0.15, 0.2) is 4.99 Å². The van der Waals surface area contributed by atoms with E-state index in [2.05, 4.69) is 20.4 Å². The van der Waals surface area contributed by atoms with Gasteiger partial charge in [-0.15, -0.1) is 24.0 Å². The molecule has 0 spiro atoms. The fourth-order valence-electron chi connectivity index (χ4n) is 2.65. The summed E-state index contributed by atoms with van der Waals surface area (Å²) in [6, 6.07) is 0.342. The molecule has 20 heavy (non-hydrogen) atoms. The lowest BCUT2D eigenvalue weighted by Crippen LogP contribution is -2.47. The maximum absolute atomic E-state index is 11.0. The highest BCUT2D eigenvalue weighted by atomic mass is 127. The average Bonchev–Trinajstić information content (AvgIpc) is 3.01. The van der Waals surface area contributed by atoms with Crippen LogP contribution >= 0.6 is 24.0 Å². The second kappa shape index (κ2) is 8.66. The summed E-state index contributed by atoms with van der Waals surface area (Å²) in [5.41, 5.74) is 0. The summed E-state index contributed by atoms with van der Waals surface area (Å²) >= 11 is 0. The van der Waals surface area contributed by atoms with Gasteiger partial charge < -0.3 is 20.1 Å². The van der Waals surface area contributed by atoms with Crippen LogP contribution in [0.5, 0.6) is 0 Å². The normalized spacial score (nSPS) is 27.9. The van der Waals surface area contributed by atoms with Crippen LogP contribution in [0.25, 0.3) is 0 Å². The summed E-state index contributed by atoms with van der Waals surface area (Å²) in [6.45, 7) is 3.25. The van der Waals surface area contributed by atoms with Gasteiger partial charge in [0.15, 0.2) is 5.96 Å². The van der Waals surface area contributed by atoms with E-state index >= 15 is 0 Å². The molecular weight excluding hydrogens is 373 g/mol. The Morgan fingerprint density at radius 2 is 2.25 bits per heavy atom. The molecule has 0 aromatic carbocycles. The van der Waals surface area contributed by atoms with E-state index in [1.165, 1.54) is 13.5 Å². The number of fused-ring (bicyclic) bond motifs is 2. The number of nitrogens with zero attached hydrogens (tertiary/aromatic N) is 1. The van der Waals surface area contributed by atoms with Crippen molar-refractivity contribution in [3.8, 4) is 0 Å². The molecule has 2 heterocycles. The molecule has 2 aliphatic heterocycles. The summed E-state index contributed by atoms with van der Waals surface area (Å²) in [5.74, 6) is 0.524. The number of carbonyl (C=O) groups excluding carboxylic acids is 1. The van der Waals surface area contributed by atoms with E-state index in [-0.39, 0.29) is 29.9 Å². The number of hydrogen-bond acceptors (Lipinski definition) is 4. The highest BCUT2D eigenvalue weighted by Crippen LogP contribution is 2.34. The molecule has 0 aromatic heterocycles. The van der Waals surface area contributed by atoms with Gasteiger partial charge in [0.1, 0.15) is 0 Å². The number of ether oxygens (including phenoxy) is 2. The number of nitrogens with one attached hydrogen (secondary N) is 2. The highest BCUT2D eigenvalue weighted by Gasteiger charge is 2.41. The molecule has 7 heteroatoms. The number of carbonyl (C=O) groups is 1. The van der Waals surface area contributed by atoms with Gasteiger partial charge in [0.25, 0.3) is 0 Å². The number of rotatable bonds is 5. The van der Waals surface area contributed by atoms with E-state index in [0.29, 0.717) is 31.2 Å². The SMILES string of the molecule is CCNC(=NCCC(=O)OC)NC1CC2CCC1O2.I. The molecule has 6 nitrogen and oxygen atoms in total. The van der Waals surface area contributed by atoms with Crippen molar-refractivity contribution in [2.75, 3.05) is 20.2 Å². The van der Waals surface area contributed by atoms with E-state index < -0.39 is 0 Å². The van der Waals surface area contributed by atoms with Crippen molar-refractivity contribution in [3.05, 3.63) is 0 Å². The Morgan fingerprint density at radius 1 is 1.45 bits per heavy atom. The van der Waals surface area contributed by atoms with Gasteiger partial charge in [-0.25, -0.2) is 0 Å². The van der Waals surface area contributed by atoms with Crippen molar-refractivity contribution in [2.45, 2.75) is 50.9 Å². The third kappa shape index (κ3) is 4.76. The number of hydrogen-bond donors (Lipinski definition) is 2. The molecule has 2 fully saturated rings. The van der Waals surface area contributed by atoms with Gasteiger partial charge in [-0.2, -0.15) is 0 Å². The van der Waals surface area contributed by atoms with Crippen molar-refractivity contribution < 1.29 is 14.3 Å². The minimum atomic E-state index is -0.233. The second-order valence-corrected chi connectivity index (χ2v) is 4.95. The van der Waals surface area contributed by atoms with Gasteiger partial charge in [0.2, 0.25) is 0 Å². The Kier molecular flexibility index (Phi) is 7.57. The molecule has 0 radical (unpaired) electrons. The first kappa shape index (κ1) is 17.5. The van der Waals surface area contributed by atoms with Crippen LogP contribution < -0.4 is 10.6 Å². The summed E-state index contributed by atoms with van der Waals surface area (Å²) in [7, 11) is 1.39. The minimum Gasteiger partial charge on any atom is -0.469 e. The molecule has 0 aliphatic carbocycles. The smallest absolute Gasteiger partial charge is 0.307 e. The van der Waals surface area contributed by atoms with Crippen molar-refractivity contribution in [3.63, 3.8) is 0 Å². The van der Waals surface area contributed by atoms with Gasteiger partial charge in [0.05, 0.1) is 38.3 Å². The van der Waals surface area contributed by atoms with Crippen LogP contribution in [0.3, 0.4) is 0 Å². The number of aliphatic imine (C=N–C) groups is 1. The van der Waals surface area contributed by atoms with E-state index in [0.717, 1.165) is 25.3 Å². The van der Waals surface area contributed by atoms with E-state index in [9.17, 15) is 4.79 Å². The van der Waals surface area contributed by atoms with Crippen LogP contribution in [-0.2, 0) is 14.3 Å². The molecule has 116 valence electrons. The molecule has 0 amide bonds. The largest absolute Gasteiger partial charge is 0.469 e. The van der Waals surface area contributed by atoms with Crippen molar-refractivity contribution in [2.24, 2.45) is 4.99 Å². The van der Waals surface area contributed by atoms with Crippen LogP contribution in [0, 0.1) is 0 Å².